The van der Waals surface area contributed by atoms with Crippen molar-refractivity contribution in [2.24, 2.45) is 0 Å². The second-order valence-electron chi connectivity index (χ2n) is 7.84. The topological polar surface area (TPSA) is 72.0 Å². The van der Waals surface area contributed by atoms with Crippen LogP contribution in [0.1, 0.15) is 42.1 Å². The van der Waals surface area contributed by atoms with Gasteiger partial charge in [-0.15, -0.1) is 0 Å². The second-order valence-corrected chi connectivity index (χ2v) is 7.84. The summed E-state index contributed by atoms with van der Waals surface area (Å²) in [6, 6.07) is 11.5. The number of aromatic nitrogens is 1. The predicted octanol–water partition coefficient (Wildman–Crippen LogP) is 3.81. The summed E-state index contributed by atoms with van der Waals surface area (Å²) in [6.07, 6.45) is 3.65. The number of ether oxygens (including phenoxy) is 2. The van der Waals surface area contributed by atoms with Gasteiger partial charge in [0.2, 0.25) is 0 Å². The van der Waals surface area contributed by atoms with E-state index in [1.54, 1.807) is 23.2 Å². The Bertz CT molecular complexity index is 890. The third-order valence-electron chi connectivity index (χ3n) is 5.73. The molecular formula is C23H27N3O4. The van der Waals surface area contributed by atoms with E-state index >= 15 is 0 Å². The van der Waals surface area contributed by atoms with E-state index in [1.807, 2.05) is 43.0 Å². The van der Waals surface area contributed by atoms with Crippen LogP contribution in [0.15, 0.2) is 42.6 Å². The normalized spacial score (nSPS) is 19.7. The highest BCUT2D eigenvalue weighted by molar-refractivity contribution is 5.95. The average Bonchev–Trinajstić information content (AvgIpc) is 3.16. The van der Waals surface area contributed by atoms with Gasteiger partial charge in [-0.25, -0.2) is 9.78 Å². The SMILES string of the molecule is CCC1COC(=O)N1c1ccc(C(=O)N2CCC(Oc3ccc(C)cc3)CC2)cn1. The highest BCUT2D eigenvalue weighted by Gasteiger charge is 2.34. The maximum atomic E-state index is 12.9. The molecule has 7 heteroatoms. The molecule has 1 aromatic heterocycles. The Morgan fingerprint density at radius 2 is 1.90 bits per heavy atom. The highest BCUT2D eigenvalue weighted by Crippen LogP contribution is 2.24. The third kappa shape index (κ3) is 4.25. The van der Waals surface area contributed by atoms with Gasteiger partial charge in [-0.05, 0) is 37.6 Å². The second kappa shape index (κ2) is 8.73. The van der Waals surface area contributed by atoms with Crippen molar-refractivity contribution >= 4 is 17.8 Å². The minimum atomic E-state index is -0.385. The van der Waals surface area contributed by atoms with Crippen molar-refractivity contribution in [3.05, 3.63) is 53.7 Å². The first kappa shape index (κ1) is 20.2. The Morgan fingerprint density at radius 3 is 2.53 bits per heavy atom. The molecule has 2 aliphatic rings. The average molecular weight is 409 g/mol. The minimum absolute atomic E-state index is 0.0147. The van der Waals surface area contributed by atoms with Gasteiger partial charge in [0.15, 0.2) is 0 Å². The van der Waals surface area contributed by atoms with E-state index in [-0.39, 0.29) is 24.1 Å². The first-order valence-electron chi connectivity index (χ1n) is 10.5. The first-order chi connectivity index (χ1) is 14.5. The molecule has 2 aliphatic heterocycles. The van der Waals surface area contributed by atoms with Crippen molar-refractivity contribution in [1.29, 1.82) is 0 Å². The lowest BCUT2D eigenvalue weighted by atomic mass is 10.1. The molecule has 30 heavy (non-hydrogen) atoms. The van der Waals surface area contributed by atoms with Crippen LogP contribution in [0.4, 0.5) is 10.6 Å². The molecule has 1 unspecified atom stereocenters. The summed E-state index contributed by atoms with van der Waals surface area (Å²) in [7, 11) is 0. The van der Waals surface area contributed by atoms with Crippen LogP contribution in [0.3, 0.4) is 0 Å². The van der Waals surface area contributed by atoms with Gasteiger partial charge in [0.1, 0.15) is 24.3 Å². The number of hydrogen-bond acceptors (Lipinski definition) is 5. The highest BCUT2D eigenvalue weighted by atomic mass is 16.6. The molecule has 0 N–H and O–H groups in total. The van der Waals surface area contributed by atoms with Crippen LogP contribution < -0.4 is 9.64 Å². The molecule has 4 rings (SSSR count). The van der Waals surface area contributed by atoms with Crippen molar-refractivity contribution in [2.75, 3.05) is 24.6 Å². The summed E-state index contributed by atoms with van der Waals surface area (Å²) < 4.78 is 11.2. The number of carbonyl (C=O) groups is 2. The molecule has 0 spiro atoms. The summed E-state index contributed by atoms with van der Waals surface area (Å²) in [6.45, 7) is 5.72. The number of likely N-dealkylation sites (tertiary alicyclic amines) is 1. The van der Waals surface area contributed by atoms with E-state index in [2.05, 4.69) is 4.98 Å². The monoisotopic (exact) mass is 409 g/mol. The van der Waals surface area contributed by atoms with Gasteiger partial charge in [-0.3, -0.25) is 9.69 Å². The smallest absolute Gasteiger partial charge is 0.415 e. The number of cyclic esters (lactones) is 1. The van der Waals surface area contributed by atoms with Crippen LogP contribution in [0.5, 0.6) is 5.75 Å². The molecule has 3 heterocycles. The Morgan fingerprint density at radius 1 is 1.17 bits per heavy atom. The Labute approximate surface area is 176 Å². The third-order valence-corrected chi connectivity index (χ3v) is 5.73. The fraction of sp³-hybridized carbons (Fsp3) is 0.435. The molecule has 0 bridgehead atoms. The molecule has 1 atom stereocenters. The van der Waals surface area contributed by atoms with Crippen molar-refractivity contribution in [1.82, 2.24) is 9.88 Å². The Balaban J connectivity index is 1.34. The standard InChI is InChI=1S/C23H27N3O4/c1-3-18-15-29-23(28)26(18)21-9-6-17(14-24-21)22(27)25-12-10-20(11-13-25)30-19-7-4-16(2)5-8-19/h4-9,14,18,20H,3,10-13,15H2,1-2H3. The maximum Gasteiger partial charge on any atom is 0.415 e. The fourth-order valence-electron chi connectivity index (χ4n) is 3.87. The number of hydrogen-bond donors (Lipinski definition) is 0. The molecule has 2 amide bonds. The van der Waals surface area contributed by atoms with Crippen molar-refractivity contribution in [2.45, 2.75) is 45.3 Å². The van der Waals surface area contributed by atoms with Crippen molar-refractivity contribution in [3.63, 3.8) is 0 Å². The van der Waals surface area contributed by atoms with Gasteiger partial charge in [0, 0.05) is 32.1 Å². The van der Waals surface area contributed by atoms with Gasteiger partial charge in [0.25, 0.3) is 5.91 Å². The number of aryl methyl sites for hydroxylation is 1. The number of nitrogens with zero attached hydrogens (tertiary/aromatic N) is 3. The van der Waals surface area contributed by atoms with Crippen molar-refractivity contribution in [3.8, 4) is 5.75 Å². The van der Waals surface area contributed by atoms with Crippen LogP contribution >= 0.6 is 0 Å². The zero-order chi connectivity index (χ0) is 21.1. The van der Waals surface area contributed by atoms with E-state index in [0.29, 0.717) is 31.1 Å². The number of amides is 2. The Kier molecular flexibility index (Phi) is 5.88. The van der Waals surface area contributed by atoms with Gasteiger partial charge in [0.05, 0.1) is 11.6 Å². The maximum absolute atomic E-state index is 12.9. The van der Waals surface area contributed by atoms with E-state index in [4.69, 9.17) is 9.47 Å². The quantitative estimate of drug-likeness (QED) is 0.751. The van der Waals surface area contributed by atoms with Crippen LogP contribution in [-0.2, 0) is 4.74 Å². The molecule has 0 saturated carbocycles. The zero-order valence-electron chi connectivity index (χ0n) is 17.4. The largest absolute Gasteiger partial charge is 0.490 e. The lowest BCUT2D eigenvalue weighted by Crippen LogP contribution is -2.41. The summed E-state index contributed by atoms with van der Waals surface area (Å²) in [5.74, 6) is 1.35. The predicted molar refractivity (Wildman–Crippen MR) is 113 cm³/mol. The molecule has 0 radical (unpaired) electrons. The zero-order valence-corrected chi connectivity index (χ0v) is 17.4. The molecule has 2 aromatic rings. The van der Waals surface area contributed by atoms with Gasteiger partial charge >= 0.3 is 6.09 Å². The summed E-state index contributed by atoms with van der Waals surface area (Å²) in [5, 5.41) is 0. The first-order valence-corrected chi connectivity index (χ1v) is 10.5. The molecule has 7 nitrogen and oxygen atoms in total. The van der Waals surface area contributed by atoms with Crippen LogP contribution in [-0.4, -0.2) is 53.7 Å². The number of pyridine rings is 1. The molecule has 2 saturated heterocycles. The van der Waals surface area contributed by atoms with Crippen LogP contribution in [0.2, 0.25) is 0 Å². The number of piperidine rings is 1. The van der Waals surface area contributed by atoms with E-state index in [9.17, 15) is 9.59 Å². The summed E-state index contributed by atoms with van der Waals surface area (Å²) in [4.78, 5) is 32.6. The molecule has 0 aliphatic carbocycles. The molecule has 1 aromatic carbocycles. The molecule has 2 fully saturated rings. The lowest BCUT2D eigenvalue weighted by Gasteiger charge is -2.32. The van der Waals surface area contributed by atoms with E-state index in [1.165, 1.54) is 5.56 Å². The van der Waals surface area contributed by atoms with Gasteiger partial charge < -0.3 is 14.4 Å². The van der Waals surface area contributed by atoms with Crippen LogP contribution in [0, 0.1) is 6.92 Å². The van der Waals surface area contributed by atoms with Gasteiger partial charge in [-0.1, -0.05) is 24.6 Å². The summed E-state index contributed by atoms with van der Waals surface area (Å²) in [5.41, 5.74) is 1.73. The van der Waals surface area contributed by atoms with Gasteiger partial charge in [-0.2, -0.15) is 0 Å². The van der Waals surface area contributed by atoms with Crippen LogP contribution in [0.25, 0.3) is 0 Å². The number of benzene rings is 1. The van der Waals surface area contributed by atoms with E-state index < -0.39 is 0 Å². The number of carbonyl (C=O) groups excluding carboxylic acids is 2. The number of rotatable bonds is 5. The molecular weight excluding hydrogens is 382 g/mol. The Hall–Kier alpha value is -3.09. The molecule has 158 valence electrons. The fourth-order valence-corrected chi connectivity index (χ4v) is 3.87. The lowest BCUT2D eigenvalue weighted by molar-refractivity contribution is 0.0595. The van der Waals surface area contributed by atoms with E-state index in [0.717, 1.165) is 25.0 Å². The number of anilines is 1. The summed E-state index contributed by atoms with van der Waals surface area (Å²) >= 11 is 0. The van der Waals surface area contributed by atoms with Crippen molar-refractivity contribution < 1.29 is 19.1 Å². The minimum Gasteiger partial charge on any atom is -0.490 e.